The summed E-state index contributed by atoms with van der Waals surface area (Å²) >= 11 is 0. The van der Waals surface area contributed by atoms with E-state index in [4.69, 9.17) is 9.47 Å². The zero-order chi connectivity index (χ0) is 11.1. The molecule has 0 aliphatic carbocycles. The van der Waals surface area contributed by atoms with Gasteiger partial charge in [0, 0.05) is 0 Å². The summed E-state index contributed by atoms with van der Waals surface area (Å²) in [6, 6.07) is 0. The van der Waals surface area contributed by atoms with Crippen LogP contribution in [-0.4, -0.2) is 32.2 Å². The fraction of sp³-hybridized carbons (Fsp3) is 0.417. The maximum atomic E-state index is 4.92. The fourth-order valence-corrected chi connectivity index (χ4v) is 1.51. The van der Waals surface area contributed by atoms with Gasteiger partial charge in [0.2, 0.25) is 0 Å². The third kappa shape index (κ3) is 3.80. The van der Waals surface area contributed by atoms with Crippen LogP contribution < -0.4 is 0 Å². The summed E-state index contributed by atoms with van der Waals surface area (Å²) in [7, 11) is 7.24. The van der Waals surface area contributed by atoms with Gasteiger partial charge in [-0.25, -0.2) is 0 Å². The molecule has 0 bridgehead atoms. The van der Waals surface area contributed by atoms with E-state index < -0.39 is 0 Å². The first-order valence-electron chi connectivity index (χ1n) is 4.94. The summed E-state index contributed by atoms with van der Waals surface area (Å²) in [6.07, 6.45) is 8.37. The minimum absolute atomic E-state index is 0.850. The van der Waals surface area contributed by atoms with Crippen LogP contribution in [0.3, 0.4) is 0 Å². The Labute approximate surface area is 91.7 Å². The van der Waals surface area contributed by atoms with E-state index in [1.54, 1.807) is 26.7 Å². The van der Waals surface area contributed by atoms with Gasteiger partial charge in [-0.05, 0) is 42.8 Å². The summed E-state index contributed by atoms with van der Waals surface area (Å²) in [6.45, 7) is 1.83. The van der Waals surface area contributed by atoms with Crippen LogP contribution in [0.5, 0.6) is 0 Å². The molecule has 0 saturated heterocycles. The molecule has 84 valence electrons. The van der Waals surface area contributed by atoms with Crippen molar-refractivity contribution in [3.05, 3.63) is 42.9 Å². The number of hydrogen-bond donors (Lipinski definition) is 0. The molecule has 0 aromatic rings. The number of methoxy groups -OCH3 is 2. The van der Waals surface area contributed by atoms with E-state index in [0.717, 1.165) is 19.5 Å². The highest BCUT2D eigenvalue weighted by Gasteiger charge is 2.09. The minimum Gasteiger partial charge on any atom is -0.504 e. The van der Waals surface area contributed by atoms with Gasteiger partial charge in [0.25, 0.3) is 0 Å². The van der Waals surface area contributed by atoms with Crippen molar-refractivity contribution in [1.29, 1.82) is 0 Å². The molecule has 0 saturated carbocycles. The average molecular weight is 208 g/mol. The van der Waals surface area contributed by atoms with Crippen LogP contribution in [0.4, 0.5) is 0 Å². The minimum atomic E-state index is 0.850. The second kappa shape index (κ2) is 6.30. The van der Waals surface area contributed by atoms with Crippen molar-refractivity contribution in [3.8, 4) is 0 Å². The Hall–Kier alpha value is -1.22. The molecule has 0 atom stereocenters. The van der Waals surface area contributed by atoms with E-state index in [9.17, 15) is 0 Å². The molecule has 3 nitrogen and oxygen atoms in total. The standard InChI is InChI=1S/C12H18NO2/c1-13-7-4-11(5-8-14-2)12(10-13)6-9-15-3/h5-6,8-9H,1,4,7,10H2,2-3H3/q-1. The first-order valence-corrected chi connectivity index (χ1v) is 4.94. The second-order valence-corrected chi connectivity index (χ2v) is 3.43. The van der Waals surface area contributed by atoms with E-state index in [2.05, 4.69) is 7.05 Å². The summed E-state index contributed by atoms with van der Waals surface area (Å²) in [5.74, 6) is 0. The Morgan fingerprint density at radius 2 is 1.73 bits per heavy atom. The molecule has 1 heterocycles. The highest BCUT2D eigenvalue weighted by Crippen LogP contribution is 2.19. The van der Waals surface area contributed by atoms with Crippen molar-refractivity contribution in [2.24, 2.45) is 0 Å². The van der Waals surface area contributed by atoms with Crippen molar-refractivity contribution in [1.82, 2.24) is 4.90 Å². The van der Waals surface area contributed by atoms with Crippen molar-refractivity contribution in [3.63, 3.8) is 0 Å². The van der Waals surface area contributed by atoms with Gasteiger partial charge in [0.15, 0.2) is 0 Å². The van der Waals surface area contributed by atoms with Gasteiger partial charge in [-0.1, -0.05) is 0 Å². The molecule has 0 radical (unpaired) electrons. The molecule has 0 unspecified atom stereocenters. The smallest absolute Gasteiger partial charge is 0.0827 e. The van der Waals surface area contributed by atoms with Gasteiger partial charge in [-0.2, -0.15) is 0 Å². The Morgan fingerprint density at radius 3 is 2.33 bits per heavy atom. The summed E-state index contributed by atoms with van der Waals surface area (Å²) in [4.78, 5) is 2.04. The molecular weight excluding hydrogens is 190 g/mol. The number of allylic oxidation sites excluding steroid dienone is 1. The second-order valence-electron chi connectivity index (χ2n) is 3.43. The van der Waals surface area contributed by atoms with Gasteiger partial charge in [-0.3, -0.25) is 7.05 Å². The van der Waals surface area contributed by atoms with Gasteiger partial charge < -0.3 is 14.4 Å². The highest BCUT2D eigenvalue weighted by atomic mass is 16.5. The van der Waals surface area contributed by atoms with Crippen LogP contribution in [0.25, 0.3) is 0 Å². The largest absolute Gasteiger partial charge is 0.504 e. The molecule has 3 heteroatoms. The fourth-order valence-electron chi connectivity index (χ4n) is 1.51. The van der Waals surface area contributed by atoms with Gasteiger partial charge in [0.05, 0.1) is 26.7 Å². The third-order valence-electron chi connectivity index (χ3n) is 2.31. The highest BCUT2D eigenvalue weighted by molar-refractivity contribution is 5.35. The molecule has 0 aromatic heterocycles. The molecule has 15 heavy (non-hydrogen) atoms. The number of ether oxygens (including phenoxy) is 2. The van der Waals surface area contributed by atoms with E-state index in [1.165, 1.54) is 11.1 Å². The van der Waals surface area contributed by atoms with Crippen molar-refractivity contribution in [2.45, 2.75) is 6.42 Å². The van der Waals surface area contributed by atoms with Crippen LogP contribution in [0.15, 0.2) is 35.8 Å². The van der Waals surface area contributed by atoms with Crippen molar-refractivity contribution < 1.29 is 9.47 Å². The molecular formula is C12H18NO2-. The number of nitrogens with zero attached hydrogens (tertiary/aromatic N) is 1. The lowest BCUT2D eigenvalue weighted by Gasteiger charge is -2.31. The first kappa shape index (κ1) is 11.9. The predicted molar refractivity (Wildman–Crippen MR) is 60.9 cm³/mol. The van der Waals surface area contributed by atoms with E-state index in [1.807, 2.05) is 17.1 Å². The zero-order valence-electron chi connectivity index (χ0n) is 9.40. The van der Waals surface area contributed by atoms with Gasteiger partial charge >= 0.3 is 0 Å². The quantitative estimate of drug-likeness (QED) is 0.521. The zero-order valence-corrected chi connectivity index (χ0v) is 9.40. The van der Waals surface area contributed by atoms with Crippen LogP contribution in [-0.2, 0) is 9.47 Å². The SMILES string of the molecule is [CH2-]N1CCC(C=COC)=C(C=COC)C1. The monoisotopic (exact) mass is 208 g/mol. The lowest BCUT2D eigenvalue weighted by Crippen LogP contribution is -2.25. The molecule has 1 rings (SSSR count). The topological polar surface area (TPSA) is 21.7 Å². The van der Waals surface area contributed by atoms with Gasteiger partial charge in [0.1, 0.15) is 0 Å². The summed E-state index contributed by atoms with van der Waals surface area (Å²) < 4.78 is 9.85. The predicted octanol–water partition coefficient (Wildman–Crippen LogP) is 2.10. The lowest BCUT2D eigenvalue weighted by atomic mass is 10.0. The summed E-state index contributed by atoms with van der Waals surface area (Å²) in [5.41, 5.74) is 2.51. The van der Waals surface area contributed by atoms with E-state index in [-0.39, 0.29) is 0 Å². The molecule has 0 N–H and O–H groups in total. The van der Waals surface area contributed by atoms with Crippen molar-refractivity contribution in [2.75, 3.05) is 27.3 Å². The Bertz CT molecular complexity index is 279. The normalized spacial score (nSPS) is 19.1. The van der Waals surface area contributed by atoms with E-state index in [0.29, 0.717) is 0 Å². The van der Waals surface area contributed by atoms with E-state index >= 15 is 0 Å². The maximum Gasteiger partial charge on any atom is 0.0827 e. The Balaban J connectivity index is 2.80. The Kier molecular flexibility index (Phi) is 4.98. The van der Waals surface area contributed by atoms with Crippen molar-refractivity contribution >= 4 is 0 Å². The molecule has 1 aliphatic rings. The molecule has 0 fully saturated rings. The first-order chi connectivity index (χ1) is 7.27. The van der Waals surface area contributed by atoms with Crippen LogP contribution in [0.2, 0.25) is 0 Å². The molecule has 0 amide bonds. The van der Waals surface area contributed by atoms with Crippen LogP contribution >= 0.6 is 0 Å². The molecule has 1 aliphatic heterocycles. The third-order valence-corrected chi connectivity index (χ3v) is 2.31. The number of rotatable bonds is 4. The Morgan fingerprint density at radius 1 is 1.13 bits per heavy atom. The van der Waals surface area contributed by atoms with Crippen LogP contribution in [0.1, 0.15) is 6.42 Å². The molecule has 0 spiro atoms. The summed E-state index contributed by atoms with van der Waals surface area (Å²) in [5, 5.41) is 0. The molecule has 0 aromatic carbocycles. The maximum absolute atomic E-state index is 4.92. The lowest BCUT2D eigenvalue weighted by molar-refractivity contribution is 0.334. The van der Waals surface area contributed by atoms with Gasteiger partial charge in [-0.15, -0.1) is 0 Å². The number of hydrogen-bond acceptors (Lipinski definition) is 3. The average Bonchev–Trinajstić information content (AvgIpc) is 2.25. The van der Waals surface area contributed by atoms with Crippen LogP contribution in [0, 0.1) is 7.05 Å².